The van der Waals surface area contributed by atoms with Crippen molar-refractivity contribution in [1.82, 2.24) is 14.5 Å². The molecule has 20 heavy (non-hydrogen) atoms. The van der Waals surface area contributed by atoms with Gasteiger partial charge in [0, 0.05) is 11.9 Å². The fourth-order valence-electron chi connectivity index (χ4n) is 2.55. The third-order valence-corrected chi connectivity index (χ3v) is 3.53. The summed E-state index contributed by atoms with van der Waals surface area (Å²) in [4.78, 5) is 9.12. The Morgan fingerprint density at radius 1 is 1.00 bits per heavy atom. The number of pyridine rings is 1. The van der Waals surface area contributed by atoms with E-state index in [0.717, 1.165) is 28.2 Å². The van der Waals surface area contributed by atoms with Crippen molar-refractivity contribution in [2.45, 2.75) is 26.7 Å². The number of rotatable bonds is 2. The summed E-state index contributed by atoms with van der Waals surface area (Å²) >= 11 is 6.06. The Morgan fingerprint density at radius 3 is 2.35 bits per heavy atom. The highest BCUT2D eigenvalue weighted by Gasteiger charge is 2.13. The van der Waals surface area contributed by atoms with Crippen molar-refractivity contribution in [1.29, 1.82) is 0 Å². The molecule has 2 aromatic heterocycles. The number of aryl methyl sites for hydroxylation is 3. The summed E-state index contributed by atoms with van der Waals surface area (Å²) in [6.45, 7) is 6.20. The highest BCUT2D eigenvalue weighted by molar-refractivity contribution is 6.16. The van der Waals surface area contributed by atoms with E-state index in [1.54, 1.807) is 0 Å². The summed E-state index contributed by atoms with van der Waals surface area (Å²) in [5, 5.41) is 0. The SMILES string of the molecule is Cc1cc(C)cc(-n2c(CCl)nc3cc(C)cnc32)c1. The van der Waals surface area contributed by atoms with Crippen LogP contribution in [0.1, 0.15) is 22.5 Å². The monoisotopic (exact) mass is 285 g/mol. The molecule has 0 N–H and O–H groups in total. The van der Waals surface area contributed by atoms with Crippen molar-refractivity contribution >= 4 is 22.8 Å². The Hall–Kier alpha value is -1.87. The number of nitrogens with zero attached hydrogens (tertiary/aromatic N) is 3. The normalized spacial score (nSPS) is 11.2. The summed E-state index contributed by atoms with van der Waals surface area (Å²) in [6, 6.07) is 8.45. The molecule has 0 saturated carbocycles. The van der Waals surface area contributed by atoms with Gasteiger partial charge in [-0.05, 0) is 55.7 Å². The van der Waals surface area contributed by atoms with E-state index < -0.39 is 0 Å². The molecule has 0 bridgehead atoms. The van der Waals surface area contributed by atoms with E-state index in [9.17, 15) is 0 Å². The Bertz CT molecular complexity index is 770. The Labute approximate surface area is 123 Å². The molecule has 102 valence electrons. The fraction of sp³-hybridized carbons (Fsp3) is 0.250. The van der Waals surface area contributed by atoms with Crippen LogP contribution in [0.15, 0.2) is 30.5 Å². The predicted molar refractivity (Wildman–Crippen MR) is 82.6 cm³/mol. The van der Waals surface area contributed by atoms with Crippen LogP contribution in [-0.2, 0) is 5.88 Å². The molecule has 0 saturated heterocycles. The van der Waals surface area contributed by atoms with Crippen molar-refractivity contribution in [2.75, 3.05) is 0 Å². The van der Waals surface area contributed by atoms with Crippen LogP contribution in [0.5, 0.6) is 0 Å². The molecule has 4 heteroatoms. The maximum atomic E-state index is 6.06. The lowest BCUT2D eigenvalue weighted by molar-refractivity contribution is 0.965. The van der Waals surface area contributed by atoms with Crippen LogP contribution in [0.4, 0.5) is 0 Å². The number of alkyl halides is 1. The van der Waals surface area contributed by atoms with Gasteiger partial charge >= 0.3 is 0 Å². The first-order valence-electron chi connectivity index (χ1n) is 6.57. The smallest absolute Gasteiger partial charge is 0.164 e. The standard InChI is InChI=1S/C16H16ClN3/c1-10-4-11(2)6-13(5-10)20-15(8-17)19-14-7-12(3)9-18-16(14)20/h4-7,9H,8H2,1-3H3. The molecule has 2 heterocycles. The Kier molecular flexibility index (Phi) is 3.22. The molecular weight excluding hydrogens is 270 g/mol. The van der Waals surface area contributed by atoms with Gasteiger partial charge in [0.05, 0.1) is 5.88 Å². The van der Waals surface area contributed by atoms with Crippen LogP contribution < -0.4 is 0 Å². The summed E-state index contributed by atoms with van der Waals surface area (Å²) in [6.07, 6.45) is 1.86. The number of benzene rings is 1. The lowest BCUT2D eigenvalue weighted by Gasteiger charge is -2.09. The fourth-order valence-corrected chi connectivity index (χ4v) is 2.73. The quantitative estimate of drug-likeness (QED) is 0.664. The van der Waals surface area contributed by atoms with Crippen molar-refractivity contribution in [3.8, 4) is 5.69 Å². The van der Waals surface area contributed by atoms with Crippen molar-refractivity contribution in [2.24, 2.45) is 0 Å². The van der Waals surface area contributed by atoms with Crippen LogP contribution in [0.2, 0.25) is 0 Å². The topological polar surface area (TPSA) is 30.7 Å². The van der Waals surface area contributed by atoms with Gasteiger partial charge in [0.15, 0.2) is 5.65 Å². The molecule has 0 unspecified atom stereocenters. The summed E-state index contributed by atoms with van der Waals surface area (Å²) in [5.41, 5.74) is 6.35. The molecule has 0 fully saturated rings. The zero-order valence-electron chi connectivity index (χ0n) is 11.8. The molecule has 0 aliphatic rings. The zero-order chi connectivity index (χ0) is 14.3. The number of hydrogen-bond acceptors (Lipinski definition) is 2. The molecule has 3 rings (SSSR count). The summed E-state index contributed by atoms with van der Waals surface area (Å²) < 4.78 is 2.04. The lowest BCUT2D eigenvalue weighted by Crippen LogP contribution is -2.01. The second-order valence-corrected chi connectivity index (χ2v) is 5.47. The van der Waals surface area contributed by atoms with Gasteiger partial charge in [-0.3, -0.25) is 4.57 Å². The Morgan fingerprint density at radius 2 is 1.70 bits per heavy atom. The lowest BCUT2D eigenvalue weighted by atomic mass is 10.1. The van der Waals surface area contributed by atoms with Gasteiger partial charge in [-0.25, -0.2) is 9.97 Å². The molecule has 3 nitrogen and oxygen atoms in total. The van der Waals surface area contributed by atoms with Crippen molar-refractivity contribution < 1.29 is 0 Å². The zero-order valence-corrected chi connectivity index (χ0v) is 12.6. The largest absolute Gasteiger partial charge is 0.280 e. The minimum absolute atomic E-state index is 0.363. The van der Waals surface area contributed by atoms with Gasteiger partial charge in [0.25, 0.3) is 0 Å². The van der Waals surface area contributed by atoms with Crippen LogP contribution in [0, 0.1) is 20.8 Å². The number of aromatic nitrogens is 3. The van der Waals surface area contributed by atoms with Gasteiger partial charge in [-0.15, -0.1) is 11.6 Å². The molecule has 3 aromatic rings. The Balaban J connectivity index is 2.33. The third kappa shape index (κ3) is 2.18. The number of fused-ring (bicyclic) bond motifs is 1. The highest BCUT2D eigenvalue weighted by atomic mass is 35.5. The average molecular weight is 286 g/mol. The van der Waals surface area contributed by atoms with Crippen molar-refractivity contribution in [3.05, 3.63) is 53.0 Å². The maximum Gasteiger partial charge on any atom is 0.164 e. The highest BCUT2D eigenvalue weighted by Crippen LogP contribution is 2.23. The minimum Gasteiger partial charge on any atom is -0.280 e. The number of imidazole rings is 1. The molecule has 0 atom stereocenters. The number of halogens is 1. The van der Waals surface area contributed by atoms with E-state index in [4.69, 9.17) is 11.6 Å². The summed E-state index contributed by atoms with van der Waals surface area (Å²) in [7, 11) is 0. The van der Waals surface area contributed by atoms with Gasteiger partial charge in [-0.1, -0.05) is 6.07 Å². The van der Waals surface area contributed by atoms with Gasteiger partial charge in [0.2, 0.25) is 0 Å². The minimum atomic E-state index is 0.363. The second-order valence-electron chi connectivity index (χ2n) is 5.20. The third-order valence-electron chi connectivity index (χ3n) is 3.29. The first kappa shape index (κ1) is 13.1. The first-order valence-corrected chi connectivity index (χ1v) is 7.10. The van der Waals surface area contributed by atoms with Crippen LogP contribution >= 0.6 is 11.6 Å². The van der Waals surface area contributed by atoms with Crippen LogP contribution in [-0.4, -0.2) is 14.5 Å². The molecule has 0 amide bonds. The second kappa shape index (κ2) is 4.91. The van der Waals surface area contributed by atoms with Gasteiger partial charge in [0.1, 0.15) is 11.3 Å². The first-order chi connectivity index (χ1) is 9.58. The van der Waals surface area contributed by atoms with Gasteiger partial charge in [-0.2, -0.15) is 0 Å². The maximum absolute atomic E-state index is 6.06. The van der Waals surface area contributed by atoms with Gasteiger partial charge < -0.3 is 0 Å². The molecular formula is C16H16ClN3. The molecule has 0 spiro atoms. The molecule has 0 radical (unpaired) electrons. The summed E-state index contributed by atoms with van der Waals surface area (Å²) in [5.74, 6) is 1.19. The van der Waals surface area contributed by atoms with Crippen LogP contribution in [0.3, 0.4) is 0 Å². The van der Waals surface area contributed by atoms with E-state index in [1.807, 2.05) is 23.8 Å². The van der Waals surface area contributed by atoms with E-state index in [1.165, 1.54) is 11.1 Å². The van der Waals surface area contributed by atoms with E-state index in [-0.39, 0.29) is 0 Å². The van der Waals surface area contributed by atoms with E-state index in [2.05, 4.69) is 42.0 Å². The van der Waals surface area contributed by atoms with E-state index in [0.29, 0.717) is 5.88 Å². The predicted octanol–water partition coefficient (Wildman–Crippen LogP) is 4.08. The molecule has 1 aromatic carbocycles. The van der Waals surface area contributed by atoms with Crippen molar-refractivity contribution in [3.63, 3.8) is 0 Å². The van der Waals surface area contributed by atoms with Crippen LogP contribution in [0.25, 0.3) is 16.9 Å². The van der Waals surface area contributed by atoms with E-state index >= 15 is 0 Å². The molecule has 0 aliphatic heterocycles. The average Bonchev–Trinajstić information content (AvgIpc) is 2.74. The number of hydrogen-bond donors (Lipinski definition) is 0. The molecule has 0 aliphatic carbocycles.